The van der Waals surface area contributed by atoms with Crippen molar-refractivity contribution >= 4 is 17.2 Å². The molecule has 9 nitrogen and oxygen atoms in total. The summed E-state index contributed by atoms with van der Waals surface area (Å²) >= 11 is 0. The zero-order valence-electron chi connectivity index (χ0n) is 16.9. The van der Waals surface area contributed by atoms with Crippen LogP contribution >= 0.6 is 0 Å². The molecule has 1 aliphatic heterocycles. The lowest BCUT2D eigenvalue weighted by molar-refractivity contribution is 0.121. The van der Waals surface area contributed by atoms with E-state index < -0.39 is 0 Å². The number of hydrogen-bond acceptors (Lipinski definition) is 6. The van der Waals surface area contributed by atoms with E-state index in [1.807, 2.05) is 25.3 Å². The smallest absolute Gasteiger partial charge is 0.314 e. The maximum absolute atomic E-state index is 11.2. The highest BCUT2D eigenvalue weighted by molar-refractivity contribution is 5.73. The van der Waals surface area contributed by atoms with Crippen molar-refractivity contribution in [1.29, 1.82) is 0 Å². The zero-order valence-corrected chi connectivity index (χ0v) is 16.9. The van der Waals surface area contributed by atoms with Crippen LogP contribution in [0.4, 0.5) is 4.79 Å². The summed E-state index contributed by atoms with van der Waals surface area (Å²) in [6.45, 7) is 10.5. The summed E-state index contributed by atoms with van der Waals surface area (Å²) in [5, 5.41) is 5.41. The SMILES string of the molecule is CCOCCn1c(CN2CCN(CCNC(=O)NC)CC2)nc2cccnc21. The molecule has 1 fully saturated rings. The van der Waals surface area contributed by atoms with Crippen LogP contribution in [0.1, 0.15) is 12.7 Å². The number of imidazole rings is 1. The summed E-state index contributed by atoms with van der Waals surface area (Å²) in [4.78, 5) is 25.4. The Kier molecular flexibility index (Phi) is 7.58. The van der Waals surface area contributed by atoms with Crippen LogP contribution in [0, 0.1) is 0 Å². The maximum atomic E-state index is 11.2. The summed E-state index contributed by atoms with van der Waals surface area (Å²) < 4.78 is 7.73. The van der Waals surface area contributed by atoms with Crippen LogP contribution in [0.3, 0.4) is 0 Å². The minimum atomic E-state index is -0.127. The van der Waals surface area contributed by atoms with Crippen molar-refractivity contribution in [1.82, 2.24) is 35.0 Å². The van der Waals surface area contributed by atoms with E-state index in [1.165, 1.54) is 0 Å². The van der Waals surface area contributed by atoms with E-state index in [9.17, 15) is 4.79 Å². The Morgan fingerprint density at radius 1 is 1.21 bits per heavy atom. The van der Waals surface area contributed by atoms with E-state index in [-0.39, 0.29) is 6.03 Å². The van der Waals surface area contributed by atoms with E-state index in [0.717, 1.165) is 62.8 Å². The fraction of sp³-hybridized carbons (Fsp3) is 0.632. The molecule has 3 heterocycles. The molecule has 0 aromatic carbocycles. The van der Waals surface area contributed by atoms with Gasteiger partial charge in [-0.25, -0.2) is 14.8 Å². The van der Waals surface area contributed by atoms with Gasteiger partial charge in [0.15, 0.2) is 5.65 Å². The second-order valence-corrected chi connectivity index (χ2v) is 6.85. The monoisotopic (exact) mass is 389 g/mol. The van der Waals surface area contributed by atoms with Crippen LogP contribution in [0.5, 0.6) is 0 Å². The lowest BCUT2D eigenvalue weighted by atomic mass is 10.3. The van der Waals surface area contributed by atoms with Crippen molar-refractivity contribution in [3.8, 4) is 0 Å². The van der Waals surface area contributed by atoms with Crippen LogP contribution in [0.15, 0.2) is 18.3 Å². The molecule has 2 aromatic rings. The molecule has 0 radical (unpaired) electrons. The number of rotatable bonds is 9. The Morgan fingerprint density at radius 3 is 2.75 bits per heavy atom. The van der Waals surface area contributed by atoms with Gasteiger partial charge in [0, 0.05) is 65.7 Å². The quantitative estimate of drug-likeness (QED) is 0.608. The van der Waals surface area contributed by atoms with E-state index in [2.05, 4.69) is 30.0 Å². The molecule has 1 aliphatic rings. The number of carbonyl (C=O) groups excluding carboxylic acids is 1. The number of hydrogen-bond donors (Lipinski definition) is 2. The van der Waals surface area contributed by atoms with Crippen LogP contribution in [0.2, 0.25) is 0 Å². The van der Waals surface area contributed by atoms with Gasteiger partial charge < -0.3 is 19.9 Å². The van der Waals surface area contributed by atoms with Gasteiger partial charge in [0.2, 0.25) is 0 Å². The van der Waals surface area contributed by atoms with Crippen LogP contribution in [-0.2, 0) is 17.8 Å². The first kappa shape index (κ1) is 20.5. The van der Waals surface area contributed by atoms with Crippen molar-refractivity contribution in [2.45, 2.75) is 20.0 Å². The Balaban J connectivity index is 1.55. The molecule has 0 spiro atoms. The summed E-state index contributed by atoms with van der Waals surface area (Å²) in [6, 6.07) is 3.82. The first-order valence-corrected chi connectivity index (χ1v) is 9.99. The number of aromatic nitrogens is 3. The Labute approximate surface area is 166 Å². The van der Waals surface area contributed by atoms with Gasteiger partial charge in [0.05, 0.1) is 13.2 Å². The van der Waals surface area contributed by atoms with Gasteiger partial charge in [-0.1, -0.05) is 0 Å². The number of nitrogens with one attached hydrogen (secondary N) is 2. The maximum Gasteiger partial charge on any atom is 0.314 e. The highest BCUT2D eigenvalue weighted by Crippen LogP contribution is 2.16. The standard InChI is InChI=1S/C19H31N7O2/c1-3-28-14-13-26-17(23-16-5-4-6-21-18(16)26)15-25-11-9-24(10-12-25)8-7-22-19(27)20-2/h4-6H,3,7-15H2,1-2H3,(H2,20,22,27). The van der Waals surface area contributed by atoms with E-state index >= 15 is 0 Å². The van der Waals surface area contributed by atoms with Crippen molar-refractivity contribution in [3.63, 3.8) is 0 Å². The van der Waals surface area contributed by atoms with Gasteiger partial charge >= 0.3 is 6.03 Å². The van der Waals surface area contributed by atoms with Gasteiger partial charge in [0.25, 0.3) is 0 Å². The van der Waals surface area contributed by atoms with Crippen molar-refractivity contribution in [2.24, 2.45) is 0 Å². The molecule has 2 amide bonds. The highest BCUT2D eigenvalue weighted by atomic mass is 16.5. The number of fused-ring (bicyclic) bond motifs is 1. The molecular weight excluding hydrogens is 358 g/mol. The largest absolute Gasteiger partial charge is 0.380 e. The third kappa shape index (κ3) is 5.40. The predicted octanol–water partition coefficient (Wildman–Crippen LogP) is 0.514. The minimum absolute atomic E-state index is 0.127. The summed E-state index contributed by atoms with van der Waals surface area (Å²) in [6.07, 6.45) is 1.82. The molecule has 154 valence electrons. The molecule has 3 rings (SSSR count). The lowest BCUT2D eigenvalue weighted by Gasteiger charge is -2.34. The van der Waals surface area contributed by atoms with Gasteiger partial charge in [-0.05, 0) is 19.1 Å². The molecule has 1 saturated heterocycles. The summed E-state index contributed by atoms with van der Waals surface area (Å²) in [7, 11) is 1.63. The number of pyridine rings is 1. The van der Waals surface area contributed by atoms with Crippen LogP contribution in [0.25, 0.3) is 11.2 Å². The fourth-order valence-electron chi connectivity index (χ4n) is 3.45. The number of piperazine rings is 1. The number of nitrogens with zero attached hydrogens (tertiary/aromatic N) is 5. The normalized spacial score (nSPS) is 15.8. The minimum Gasteiger partial charge on any atom is -0.380 e. The van der Waals surface area contributed by atoms with Gasteiger partial charge in [-0.15, -0.1) is 0 Å². The van der Waals surface area contributed by atoms with Crippen LogP contribution in [-0.4, -0.2) is 89.9 Å². The highest BCUT2D eigenvalue weighted by Gasteiger charge is 2.20. The van der Waals surface area contributed by atoms with Crippen molar-refractivity contribution < 1.29 is 9.53 Å². The molecular formula is C19H31N7O2. The molecule has 2 N–H and O–H groups in total. The second-order valence-electron chi connectivity index (χ2n) is 6.85. The van der Waals surface area contributed by atoms with E-state index in [1.54, 1.807) is 7.05 Å². The Bertz CT molecular complexity index is 756. The first-order valence-electron chi connectivity index (χ1n) is 9.99. The molecule has 28 heavy (non-hydrogen) atoms. The number of urea groups is 1. The molecule has 0 aliphatic carbocycles. The molecule has 0 bridgehead atoms. The van der Waals surface area contributed by atoms with Crippen LogP contribution < -0.4 is 10.6 Å². The van der Waals surface area contributed by atoms with Crippen molar-refractivity contribution in [2.75, 3.05) is 59.5 Å². The average molecular weight is 390 g/mol. The van der Waals surface area contributed by atoms with E-state index in [4.69, 9.17) is 9.72 Å². The second kappa shape index (κ2) is 10.4. The third-order valence-corrected chi connectivity index (χ3v) is 5.02. The van der Waals surface area contributed by atoms with Gasteiger partial charge in [-0.2, -0.15) is 0 Å². The van der Waals surface area contributed by atoms with Crippen molar-refractivity contribution in [3.05, 3.63) is 24.2 Å². The summed E-state index contributed by atoms with van der Waals surface area (Å²) in [5.74, 6) is 1.04. The van der Waals surface area contributed by atoms with Gasteiger partial charge in [-0.3, -0.25) is 9.80 Å². The molecule has 9 heteroatoms. The first-order chi connectivity index (χ1) is 13.7. The third-order valence-electron chi connectivity index (χ3n) is 5.02. The lowest BCUT2D eigenvalue weighted by Crippen LogP contribution is -2.48. The molecule has 0 unspecified atom stereocenters. The number of carbonyl (C=O) groups is 1. The number of amides is 2. The van der Waals surface area contributed by atoms with E-state index in [0.29, 0.717) is 19.8 Å². The molecule has 0 atom stereocenters. The molecule has 0 saturated carbocycles. The number of ether oxygens (including phenoxy) is 1. The summed E-state index contributed by atoms with van der Waals surface area (Å²) in [5.41, 5.74) is 1.86. The fourth-order valence-corrected chi connectivity index (χ4v) is 3.45. The average Bonchev–Trinajstić information content (AvgIpc) is 3.06. The molecule has 2 aromatic heterocycles. The zero-order chi connectivity index (χ0) is 19.8. The Morgan fingerprint density at radius 2 is 2.00 bits per heavy atom. The topological polar surface area (TPSA) is 87.5 Å². The predicted molar refractivity (Wildman–Crippen MR) is 108 cm³/mol. The van der Waals surface area contributed by atoms with Gasteiger partial charge in [0.1, 0.15) is 11.3 Å². The Hall–Kier alpha value is -2.23.